The van der Waals surface area contributed by atoms with Gasteiger partial charge < -0.3 is 9.11 Å². The van der Waals surface area contributed by atoms with Gasteiger partial charge in [0.15, 0.2) is 26.7 Å². The molecule has 2 unspecified atom stereocenters. The summed E-state index contributed by atoms with van der Waals surface area (Å²) < 4.78 is 34.9. The van der Waals surface area contributed by atoms with Crippen LogP contribution >= 0.6 is 0 Å². The SMILES string of the molecule is CC(S(=O)O)S(=O)O.[Rf].[Rf]. The van der Waals surface area contributed by atoms with E-state index in [0.29, 0.717) is 0 Å². The minimum absolute atomic E-state index is 0. The molecule has 0 rings (SSSR count). The molecular weight excluding hydrogens is 686 g/mol. The second-order valence-corrected chi connectivity index (χ2v) is 3.94. The fourth-order valence-electron chi connectivity index (χ4n) is 0.0704. The van der Waals surface area contributed by atoms with Gasteiger partial charge in [0, 0.05) is 0 Å². The van der Waals surface area contributed by atoms with Crippen molar-refractivity contribution in [3.8, 4) is 0 Å². The van der Waals surface area contributed by atoms with Crippen LogP contribution in [-0.4, -0.2) is 22.1 Å². The van der Waals surface area contributed by atoms with E-state index in [4.69, 9.17) is 9.11 Å². The van der Waals surface area contributed by atoms with Crippen LogP contribution in [0.1, 0.15) is 6.92 Å². The molecule has 0 aromatic carbocycles. The van der Waals surface area contributed by atoms with Gasteiger partial charge >= 0.3 is 0 Å². The summed E-state index contributed by atoms with van der Waals surface area (Å²) in [5.74, 6) is 0. The molecular formula is C2H6O4Rf2S2. The molecule has 0 spiro atoms. The van der Waals surface area contributed by atoms with Crippen molar-refractivity contribution < 1.29 is 17.5 Å². The maximum atomic E-state index is 9.90. The molecule has 0 aromatic heterocycles. The Morgan fingerprint density at radius 3 is 1.30 bits per heavy atom. The normalized spacial score (nSPS) is 17.5. The van der Waals surface area contributed by atoms with Crippen LogP contribution in [0.2, 0.25) is 0 Å². The predicted octanol–water partition coefficient (Wildman–Crippen LogP) is -0.224. The smallest absolute Gasteiger partial charge is 0.171 e. The van der Waals surface area contributed by atoms with Crippen LogP contribution in [-0.2, 0) is 22.2 Å². The zero-order valence-electron chi connectivity index (χ0n) is 5.52. The summed E-state index contributed by atoms with van der Waals surface area (Å²) in [6.07, 6.45) is 0. The Bertz CT molecular complexity index is 114. The van der Waals surface area contributed by atoms with Gasteiger partial charge in [-0.3, -0.25) is 0 Å². The monoisotopic (exact) mass is 692 g/mol. The first kappa shape index (κ1) is 15.7. The minimum Gasteiger partial charge on any atom is -0.305 e. The number of rotatable bonds is 2. The van der Waals surface area contributed by atoms with Crippen molar-refractivity contribution in [2.24, 2.45) is 0 Å². The van der Waals surface area contributed by atoms with E-state index < -0.39 is 26.7 Å². The summed E-state index contributed by atoms with van der Waals surface area (Å²) >= 11 is -4.38. The van der Waals surface area contributed by atoms with Crippen molar-refractivity contribution in [3.63, 3.8) is 0 Å². The van der Waals surface area contributed by atoms with Gasteiger partial charge in [0.2, 0.25) is 0 Å². The third-order valence-corrected chi connectivity index (χ3v) is 2.69. The van der Waals surface area contributed by atoms with Crippen LogP contribution in [0.15, 0.2) is 0 Å². The molecule has 2 atom stereocenters. The van der Waals surface area contributed by atoms with Crippen molar-refractivity contribution in [2.75, 3.05) is 0 Å². The molecule has 8 heteroatoms. The van der Waals surface area contributed by atoms with Gasteiger partial charge in [0.25, 0.3) is 0 Å². The molecule has 0 aliphatic carbocycles. The van der Waals surface area contributed by atoms with E-state index in [1.54, 1.807) is 0 Å². The van der Waals surface area contributed by atoms with E-state index in [2.05, 4.69) is 0 Å². The van der Waals surface area contributed by atoms with Crippen LogP contribution in [0.25, 0.3) is 0 Å². The third kappa shape index (κ3) is 4.38. The summed E-state index contributed by atoms with van der Waals surface area (Å²) in [5, 5.41) is 0. The Kier molecular flexibility index (Phi) is 8.43. The first-order valence-electron chi connectivity index (χ1n) is 1.75. The first-order chi connectivity index (χ1) is 3.55. The van der Waals surface area contributed by atoms with Crippen molar-refractivity contribution >= 4 is 22.2 Å². The number of hydrogen-bond donors (Lipinski definition) is 2. The maximum Gasteiger partial charge on any atom is 0.171 e. The summed E-state index contributed by atoms with van der Waals surface area (Å²) in [6, 6.07) is 0. The second kappa shape index (κ2) is 5.36. The molecule has 0 saturated heterocycles. The molecule has 0 radical (unpaired) electrons. The summed E-state index contributed by atoms with van der Waals surface area (Å²) in [5.41, 5.74) is 0. The Labute approximate surface area is 51.9 Å². The van der Waals surface area contributed by atoms with Gasteiger partial charge in [-0.2, -0.15) is 0 Å². The molecule has 10 heavy (non-hydrogen) atoms. The molecule has 0 aliphatic heterocycles. The van der Waals surface area contributed by atoms with Gasteiger partial charge in [-0.1, -0.05) is 0 Å². The average Bonchev–Trinajstić information content (AvgIpc) is 1.64. The second-order valence-electron chi connectivity index (χ2n) is 1.12. The van der Waals surface area contributed by atoms with Crippen molar-refractivity contribution in [1.82, 2.24) is 0 Å². The summed E-state index contributed by atoms with van der Waals surface area (Å²) in [7, 11) is 0. The zero-order valence-corrected chi connectivity index (χ0v) is 20.0. The van der Waals surface area contributed by atoms with Gasteiger partial charge in [-0.25, -0.2) is 8.42 Å². The van der Waals surface area contributed by atoms with Gasteiger partial charge in [0.1, 0.15) is 0 Å². The van der Waals surface area contributed by atoms with Crippen molar-refractivity contribution in [2.45, 2.75) is 11.5 Å². The van der Waals surface area contributed by atoms with E-state index in [9.17, 15) is 8.42 Å². The van der Waals surface area contributed by atoms with Gasteiger partial charge in [-0.05, 0) is 6.92 Å². The Balaban J connectivity index is -0.000000245. The largest absolute Gasteiger partial charge is 0.305 e. The van der Waals surface area contributed by atoms with Crippen molar-refractivity contribution in [1.29, 1.82) is 0 Å². The topological polar surface area (TPSA) is 74.6 Å². The standard InChI is InChI=1S/C2H6O4S2.2Rf/c1-2(7(3)4)8(5)6;;/h2H,1H3,(H,3,4)(H,5,6);;. The third-order valence-electron chi connectivity index (χ3n) is 0.568. The van der Waals surface area contributed by atoms with Crippen LogP contribution < -0.4 is 0 Å². The van der Waals surface area contributed by atoms with Crippen LogP contribution in [0.3, 0.4) is 0 Å². The molecule has 2 N–H and O–H groups in total. The van der Waals surface area contributed by atoms with Gasteiger partial charge in [0.05, 0.1) is 0 Å². The molecule has 0 bridgehead atoms. The maximum absolute atomic E-state index is 9.90. The quantitative estimate of drug-likeness (QED) is 0.393. The first-order valence-corrected chi connectivity index (χ1v) is 4.09. The zero-order chi connectivity index (χ0) is 6.73. The van der Waals surface area contributed by atoms with Crippen molar-refractivity contribution in [3.05, 3.63) is 0 Å². The van der Waals surface area contributed by atoms with E-state index >= 15 is 0 Å². The molecule has 0 aliphatic rings. The fourth-order valence-corrected chi connectivity index (χ4v) is 0.634. The Hall–Kier alpha value is -1.78. The van der Waals surface area contributed by atoms with Crippen LogP contribution in [0.5, 0.6) is 0 Å². The van der Waals surface area contributed by atoms with E-state index in [1.165, 1.54) is 6.92 Å². The minimum atomic E-state index is -2.19. The molecule has 0 heterocycles. The van der Waals surface area contributed by atoms with Gasteiger partial charge in [-0.15, -0.1) is 0 Å². The summed E-state index contributed by atoms with van der Waals surface area (Å²) in [6.45, 7) is 1.21. The molecule has 0 fully saturated rings. The molecule has 54 valence electrons. The van der Waals surface area contributed by atoms with E-state index in [1.807, 2.05) is 0 Å². The molecule has 0 saturated carbocycles. The van der Waals surface area contributed by atoms with E-state index in [-0.39, 0.29) is 0 Å². The van der Waals surface area contributed by atoms with Crippen LogP contribution in [0.4, 0.5) is 0 Å². The molecule has 4 nitrogen and oxygen atoms in total. The number of hydrogen-bond acceptors (Lipinski definition) is 2. The molecule has 0 amide bonds. The summed E-state index contributed by atoms with van der Waals surface area (Å²) in [4.78, 5) is 0. The Morgan fingerprint density at radius 2 is 1.30 bits per heavy atom. The predicted molar refractivity (Wildman–Crippen MR) is 31.0 cm³/mol. The van der Waals surface area contributed by atoms with E-state index in [0.717, 1.165) is 0 Å². The Morgan fingerprint density at radius 1 is 1.10 bits per heavy atom. The average molecular weight is 692 g/mol. The molecule has 0 aromatic rings. The fraction of sp³-hybridized carbons (Fsp3) is 1.00. The van der Waals surface area contributed by atoms with Crippen LogP contribution in [0, 0.1) is 0 Å².